The average Bonchev–Trinajstić information content (AvgIpc) is 2.27. The van der Waals surface area contributed by atoms with E-state index in [1.165, 1.54) is 6.26 Å². The van der Waals surface area contributed by atoms with Crippen molar-refractivity contribution in [1.82, 2.24) is 0 Å². The van der Waals surface area contributed by atoms with Gasteiger partial charge in [0, 0.05) is 0 Å². The summed E-state index contributed by atoms with van der Waals surface area (Å²) in [6.07, 6.45) is 24.0. The second kappa shape index (κ2) is 8.51. The molecule has 2 heteroatoms. The highest BCUT2D eigenvalue weighted by Crippen LogP contribution is 1.86. The van der Waals surface area contributed by atoms with Crippen LogP contribution in [0.15, 0.2) is 78.3 Å². The molecule has 2 nitrogen and oxygen atoms in total. The average molecular weight is 199 g/mol. The van der Waals surface area contributed by atoms with Crippen LogP contribution in [0.1, 0.15) is 0 Å². The van der Waals surface area contributed by atoms with Gasteiger partial charge in [-0.15, -0.1) is 0 Å². The summed E-state index contributed by atoms with van der Waals surface area (Å²) >= 11 is 0. The van der Waals surface area contributed by atoms with E-state index in [1.807, 2.05) is 54.7 Å². The first-order valence-electron chi connectivity index (χ1n) is 4.68. The molecule has 0 amide bonds. The highest BCUT2D eigenvalue weighted by Gasteiger charge is 1.68. The standard InChI is InChI=1S/C13H13NO/c1-2-4-6-8-10-12-14-15-13-11-9-7-5-3-1/h1-13H. The molecule has 0 aromatic carbocycles. The van der Waals surface area contributed by atoms with E-state index < -0.39 is 0 Å². The van der Waals surface area contributed by atoms with E-state index >= 15 is 0 Å². The Bertz CT molecular complexity index is 321. The van der Waals surface area contributed by atoms with E-state index in [-0.39, 0.29) is 0 Å². The van der Waals surface area contributed by atoms with Gasteiger partial charge in [0.05, 0.1) is 6.21 Å². The first kappa shape index (κ1) is 11.0. The third kappa shape index (κ3) is 7.02. The molecule has 0 aromatic heterocycles. The SMILES string of the molecule is C1=CC=CC=CC=NOC=CC=CC=C1. The van der Waals surface area contributed by atoms with Gasteiger partial charge in [-0.2, -0.15) is 0 Å². The summed E-state index contributed by atoms with van der Waals surface area (Å²) in [6.45, 7) is 0. The largest absolute Gasteiger partial charge is 0.365 e. The molecule has 15 heavy (non-hydrogen) atoms. The minimum atomic E-state index is 1.51. The minimum absolute atomic E-state index is 1.51. The van der Waals surface area contributed by atoms with Gasteiger partial charge in [0.15, 0.2) is 0 Å². The Labute approximate surface area is 89.9 Å². The quantitative estimate of drug-likeness (QED) is 0.586. The first-order valence-corrected chi connectivity index (χ1v) is 4.68. The number of rotatable bonds is 0. The summed E-state index contributed by atoms with van der Waals surface area (Å²) in [7, 11) is 0. The number of oxime groups is 1. The summed E-state index contributed by atoms with van der Waals surface area (Å²) in [4.78, 5) is 4.83. The molecule has 0 bridgehead atoms. The summed E-state index contributed by atoms with van der Waals surface area (Å²) in [5.74, 6) is 0. The van der Waals surface area contributed by atoms with Crippen molar-refractivity contribution < 1.29 is 4.84 Å². The maximum atomic E-state index is 4.83. The fourth-order valence-corrected chi connectivity index (χ4v) is 0.813. The van der Waals surface area contributed by atoms with E-state index in [0.29, 0.717) is 0 Å². The van der Waals surface area contributed by atoms with E-state index in [4.69, 9.17) is 4.84 Å². The minimum Gasteiger partial charge on any atom is -0.365 e. The van der Waals surface area contributed by atoms with Gasteiger partial charge in [0.2, 0.25) is 0 Å². The molecular weight excluding hydrogens is 186 g/mol. The van der Waals surface area contributed by atoms with E-state index in [9.17, 15) is 0 Å². The van der Waals surface area contributed by atoms with Crippen LogP contribution in [0.4, 0.5) is 0 Å². The van der Waals surface area contributed by atoms with Gasteiger partial charge < -0.3 is 4.84 Å². The van der Waals surface area contributed by atoms with Gasteiger partial charge in [-0.1, -0.05) is 59.8 Å². The Kier molecular flexibility index (Phi) is 6.23. The van der Waals surface area contributed by atoms with Crippen molar-refractivity contribution in [3.8, 4) is 0 Å². The van der Waals surface area contributed by atoms with Crippen LogP contribution < -0.4 is 0 Å². The van der Waals surface area contributed by atoms with Crippen molar-refractivity contribution in [2.24, 2.45) is 5.16 Å². The zero-order valence-electron chi connectivity index (χ0n) is 8.36. The summed E-state index contributed by atoms with van der Waals surface area (Å²) in [5.41, 5.74) is 0. The van der Waals surface area contributed by atoms with E-state index in [0.717, 1.165) is 0 Å². The lowest BCUT2D eigenvalue weighted by Crippen LogP contribution is -1.68. The molecule has 0 atom stereocenters. The smallest absolute Gasteiger partial charge is 0.122 e. The summed E-state index contributed by atoms with van der Waals surface area (Å²) < 4.78 is 0. The zero-order valence-corrected chi connectivity index (χ0v) is 8.36. The van der Waals surface area contributed by atoms with Crippen molar-refractivity contribution in [2.45, 2.75) is 0 Å². The van der Waals surface area contributed by atoms with E-state index in [2.05, 4.69) is 5.16 Å². The Morgan fingerprint density at radius 3 is 1.60 bits per heavy atom. The molecule has 0 aliphatic carbocycles. The molecule has 0 saturated heterocycles. The molecule has 0 saturated carbocycles. The molecule has 76 valence electrons. The van der Waals surface area contributed by atoms with Gasteiger partial charge in [0.1, 0.15) is 6.26 Å². The van der Waals surface area contributed by atoms with E-state index in [1.54, 1.807) is 18.4 Å². The maximum Gasteiger partial charge on any atom is 0.122 e. The molecule has 1 aliphatic heterocycles. The van der Waals surface area contributed by atoms with Crippen LogP contribution >= 0.6 is 0 Å². The highest BCUT2D eigenvalue weighted by atomic mass is 16.6. The second-order valence-corrected chi connectivity index (χ2v) is 2.61. The molecule has 1 aliphatic rings. The van der Waals surface area contributed by atoms with Crippen molar-refractivity contribution in [3.05, 3.63) is 73.1 Å². The van der Waals surface area contributed by atoms with Crippen LogP contribution in [0.3, 0.4) is 0 Å². The van der Waals surface area contributed by atoms with Crippen LogP contribution in [-0.4, -0.2) is 6.21 Å². The highest BCUT2D eigenvalue weighted by molar-refractivity contribution is 5.70. The van der Waals surface area contributed by atoms with Crippen LogP contribution in [0, 0.1) is 0 Å². The van der Waals surface area contributed by atoms with Crippen molar-refractivity contribution in [1.29, 1.82) is 0 Å². The number of nitrogens with zero attached hydrogens (tertiary/aromatic N) is 1. The predicted molar refractivity (Wildman–Crippen MR) is 64.4 cm³/mol. The lowest BCUT2D eigenvalue weighted by atomic mass is 10.3. The number of allylic oxidation sites excluding steroid dienone is 11. The van der Waals surface area contributed by atoms with Crippen molar-refractivity contribution >= 4 is 6.21 Å². The van der Waals surface area contributed by atoms with Gasteiger partial charge in [-0.05, 0) is 12.2 Å². The topological polar surface area (TPSA) is 21.6 Å². The van der Waals surface area contributed by atoms with Crippen LogP contribution in [-0.2, 0) is 4.84 Å². The van der Waals surface area contributed by atoms with Gasteiger partial charge in [-0.3, -0.25) is 0 Å². The van der Waals surface area contributed by atoms with Gasteiger partial charge in [0.25, 0.3) is 0 Å². The monoisotopic (exact) mass is 199 g/mol. The van der Waals surface area contributed by atoms with Crippen LogP contribution in [0.2, 0.25) is 0 Å². The van der Waals surface area contributed by atoms with Gasteiger partial charge in [-0.25, -0.2) is 0 Å². The van der Waals surface area contributed by atoms with Crippen LogP contribution in [0.25, 0.3) is 0 Å². The predicted octanol–water partition coefficient (Wildman–Crippen LogP) is 3.30. The zero-order chi connectivity index (χ0) is 10.6. The third-order valence-electron chi connectivity index (χ3n) is 1.46. The molecule has 0 unspecified atom stereocenters. The Balaban J connectivity index is 2.62. The molecule has 1 rings (SSSR count). The summed E-state index contributed by atoms with van der Waals surface area (Å²) in [5, 5.41) is 3.68. The normalized spacial score (nSPS) is 16.0. The summed E-state index contributed by atoms with van der Waals surface area (Å²) in [6, 6.07) is 0. The molecule has 0 spiro atoms. The van der Waals surface area contributed by atoms with Gasteiger partial charge >= 0.3 is 0 Å². The van der Waals surface area contributed by atoms with Crippen LogP contribution in [0.5, 0.6) is 0 Å². The fourth-order valence-electron chi connectivity index (χ4n) is 0.813. The van der Waals surface area contributed by atoms with Crippen molar-refractivity contribution in [2.75, 3.05) is 0 Å². The van der Waals surface area contributed by atoms with Crippen molar-refractivity contribution in [3.63, 3.8) is 0 Å². The molecule has 0 fully saturated rings. The second-order valence-electron chi connectivity index (χ2n) is 2.61. The maximum absolute atomic E-state index is 4.83. The Morgan fingerprint density at radius 2 is 1.00 bits per heavy atom. The third-order valence-corrected chi connectivity index (χ3v) is 1.46. The lowest BCUT2D eigenvalue weighted by Gasteiger charge is -1.82. The number of hydrogen-bond donors (Lipinski definition) is 0. The first-order chi connectivity index (χ1) is 7.50. The molecule has 1 heterocycles. The Hall–Kier alpha value is -2.09. The number of hydrogen-bond acceptors (Lipinski definition) is 2. The molecule has 0 N–H and O–H groups in total. The Morgan fingerprint density at radius 1 is 0.533 bits per heavy atom. The fraction of sp³-hybridized carbons (Fsp3) is 0. The molecular formula is C13H13NO. The molecule has 0 radical (unpaired) electrons. The molecule has 0 aromatic rings. The lowest BCUT2D eigenvalue weighted by molar-refractivity contribution is 0.271.